The number of rotatable bonds is 3. The monoisotopic (exact) mass is 219 g/mol. The van der Waals surface area contributed by atoms with Gasteiger partial charge in [0.2, 0.25) is 0 Å². The van der Waals surface area contributed by atoms with E-state index in [2.05, 4.69) is 5.73 Å². The maximum absolute atomic E-state index is 13.1. The molecule has 1 aromatic carbocycles. The summed E-state index contributed by atoms with van der Waals surface area (Å²) < 4.78 is 38.4. The number of hydrogen-bond donors (Lipinski definition) is 1. The Kier molecular flexibility index (Phi) is 3.31. The molecule has 6 heteroatoms. The first-order valence-electron chi connectivity index (χ1n) is 4.09. The predicted octanol–water partition coefficient (Wildman–Crippen LogP) is -0.473. The lowest BCUT2D eigenvalue weighted by molar-refractivity contribution is -0.431. The number of hydrogen-bond acceptors (Lipinski definition) is 2. The standard InChI is InChI=1S/C9H8F3NO2/c10-5-2-1-4(8(11)9(5)12)6(13)3-7(14)15/h1-2,6H,3,13H2,(H,14,15)/t6-/m0/s1. The Morgan fingerprint density at radius 3 is 2.47 bits per heavy atom. The van der Waals surface area contributed by atoms with Crippen LogP contribution in [0.4, 0.5) is 13.2 Å². The summed E-state index contributed by atoms with van der Waals surface area (Å²) in [5.41, 5.74) is 3.05. The van der Waals surface area contributed by atoms with E-state index in [0.717, 1.165) is 12.1 Å². The van der Waals surface area contributed by atoms with Gasteiger partial charge in [0.05, 0.1) is 0 Å². The Balaban J connectivity index is 3.05. The van der Waals surface area contributed by atoms with Crippen molar-refractivity contribution in [2.75, 3.05) is 0 Å². The highest BCUT2D eigenvalue weighted by molar-refractivity contribution is 5.65. The zero-order chi connectivity index (χ0) is 11.6. The Morgan fingerprint density at radius 2 is 1.93 bits per heavy atom. The number of carboxylic acids is 1. The summed E-state index contributed by atoms with van der Waals surface area (Å²) in [4.78, 5) is 10.2. The summed E-state index contributed by atoms with van der Waals surface area (Å²) in [7, 11) is 0. The van der Waals surface area contributed by atoms with E-state index >= 15 is 0 Å². The molecule has 0 amide bonds. The van der Waals surface area contributed by atoms with Gasteiger partial charge in [0.15, 0.2) is 17.5 Å². The molecule has 82 valence electrons. The molecule has 0 saturated heterocycles. The van der Waals surface area contributed by atoms with Crippen molar-refractivity contribution in [2.45, 2.75) is 12.5 Å². The van der Waals surface area contributed by atoms with Crippen molar-refractivity contribution in [2.24, 2.45) is 0 Å². The van der Waals surface area contributed by atoms with Gasteiger partial charge in [-0.05, 0) is 12.1 Å². The molecule has 0 heterocycles. The number of aliphatic carboxylic acids is 1. The van der Waals surface area contributed by atoms with Gasteiger partial charge in [-0.15, -0.1) is 0 Å². The van der Waals surface area contributed by atoms with Crippen LogP contribution in [0.2, 0.25) is 0 Å². The fraction of sp³-hybridized carbons (Fsp3) is 0.222. The molecule has 1 atom stereocenters. The number of carboxylic acid groups (broad SMARTS) is 1. The minimum Gasteiger partial charge on any atom is -0.550 e. The average molecular weight is 219 g/mol. The smallest absolute Gasteiger partial charge is 0.194 e. The molecule has 0 saturated carbocycles. The van der Waals surface area contributed by atoms with Crippen molar-refractivity contribution in [1.82, 2.24) is 0 Å². The maximum Gasteiger partial charge on any atom is 0.194 e. The topological polar surface area (TPSA) is 67.8 Å². The van der Waals surface area contributed by atoms with E-state index in [1.807, 2.05) is 0 Å². The van der Waals surface area contributed by atoms with Crippen LogP contribution in [-0.2, 0) is 4.79 Å². The molecule has 15 heavy (non-hydrogen) atoms. The van der Waals surface area contributed by atoms with E-state index in [1.54, 1.807) is 0 Å². The summed E-state index contributed by atoms with van der Waals surface area (Å²) in [6.07, 6.45) is -0.554. The normalized spacial score (nSPS) is 12.5. The SMILES string of the molecule is [NH3+][C@@H](CC(=O)[O-])c1ccc(F)c(F)c1F. The minimum absolute atomic E-state index is 0.280. The van der Waals surface area contributed by atoms with Gasteiger partial charge in [0.25, 0.3) is 0 Å². The highest BCUT2D eigenvalue weighted by Gasteiger charge is 2.20. The van der Waals surface area contributed by atoms with Crippen LogP contribution in [0.25, 0.3) is 0 Å². The van der Waals surface area contributed by atoms with E-state index in [0.29, 0.717) is 0 Å². The fourth-order valence-electron chi connectivity index (χ4n) is 1.17. The van der Waals surface area contributed by atoms with Crippen molar-refractivity contribution in [3.63, 3.8) is 0 Å². The second kappa shape index (κ2) is 4.31. The summed E-state index contributed by atoms with van der Waals surface area (Å²) in [5, 5.41) is 10.2. The third-order valence-electron chi connectivity index (χ3n) is 1.92. The van der Waals surface area contributed by atoms with Crippen LogP contribution in [0.3, 0.4) is 0 Å². The van der Waals surface area contributed by atoms with E-state index in [1.165, 1.54) is 0 Å². The van der Waals surface area contributed by atoms with Crippen molar-refractivity contribution in [3.05, 3.63) is 35.1 Å². The van der Waals surface area contributed by atoms with Crippen LogP contribution in [0.1, 0.15) is 18.0 Å². The predicted molar refractivity (Wildman–Crippen MR) is 41.6 cm³/mol. The first-order chi connectivity index (χ1) is 6.93. The second-order valence-electron chi connectivity index (χ2n) is 3.04. The number of halogens is 3. The van der Waals surface area contributed by atoms with Gasteiger partial charge in [0.1, 0.15) is 6.04 Å². The van der Waals surface area contributed by atoms with Gasteiger partial charge < -0.3 is 15.6 Å². The lowest BCUT2D eigenvalue weighted by Crippen LogP contribution is -2.55. The van der Waals surface area contributed by atoms with Crippen LogP contribution < -0.4 is 10.8 Å². The van der Waals surface area contributed by atoms with Crippen molar-refractivity contribution in [3.8, 4) is 0 Å². The van der Waals surface area contributed by atoms with Crippen LogP contribution >= 0.6 is 0 Å². The maximum atomic E-state index is 13.1. The molecule has 3 nitrogen and oxygen atoms in total. The van der Waals surface area contributed by atoms with Crippen LogP contribution in [0.5, 0.6) is 0 Å². The first kappa shape index (κ1) is 11.5. The van der Waals surface area contributed by atoms with E-state index in [9.17, 15) is 23.1 Å². The van der Waals surface area contributed by atoms with Crippen LogP contribution in [-0.4, -0.2) is 5.97 Å². The molecule has 1 rings (SSSR count). The largest absolute Gasteiger partial charge is 0.550 e. The Morgan fingerprint density at radius 1 is 1.33 bits per heavy atom. The van der Waals surface area contributed by atoms with Crippen molar-refractivity contribution in [1.29, 1.82) is 0 Å². The van der Waals surface area contributed by atoms with Gasteiger partial charge in [-0.2, -0.15) is 0 Å². The first-order valence-corrected chi connectivity index (χ1v) is 4.09. The van der Waals surface area contributed by atoms with E-state index in [4.69, 9.17) is 0 Å². The number of benzene rings is 1. The number of carbonyl (C=O) groups is 1. The Bertz CT molecular complexity index is 395. The van der Waals surface area contributed by atoms with Crippen molar-refractivity contribution >= 4 is 5.97 Å². The van der Waals surface area contributed by atoms with Gasteiger partial charge in [0, 0.05) is 18.0 Å². The summed E-state index contributed by atoms with van der Waals surface area (Å²) in [6.45, 7) is 0. The molecule has 0 aliphatic carbocycles. The van der Waals surface area contributed by atoms with E-state index < -0.39 is 35.9 Å². The molecule has 0 radical (unpaired) electrons. The number of carbonyl (C=O) groups excluding carboxylic acids is 1. The number of quaternary nitrogens is 1. The quantitative estimate of drug-likeness (QED) is 0.698. The molecule has 0 aromatic heterocycles. The zero-order valence-corrected chi connectivity index (χ0v) is 7.60. The van der Waals surface area contributed by atoms with Crippen molar-refractivity contribution < 1.29 is 28.8 Å². The molecule has 0 aliphatic heterocycles. The van der Waals surface area contributed by atoms with Gasteiger partial charge in [-0.1, -0.05) is 0 Å². The highest BCUT2D eigenvalue weighted by Crippen LogP contribution is 2.20. The van der Waals surface area contributed by atoms with Gasteiger partial charge in [-0.3, -0.25) is 0 Å². The van der Waals surface area contributed by atoms with E-state index in [-0.39, 0.29) is 5.56 Å². The zero-order valence-electron chi connectivity index (χ0n) is 7.60. The Labute approximate surface area is 83.3 Å². The highest BCUT2D eigenvalue weighted by atomic mass is 19.2. The second-order valence-corrected chi connectivity index (χ2v) is 3.04. The third-order valence-corrected chi connectivity index (χ3v) is 1.92. The molecule has 0 aliphatic rings. The molecule has 1 aromatic rings. The average Bonchev–Trinajstić information content (AvgIpc) is 2.13. The lowest BCUT2D eigenvalue weighted by atomic mass is 10.0. The third kappa shape index (κ3) is 2.47. The minimum atomic E-state index is -1.63. The van der Waals surface area contributed by atoms with Gasteiger partial charge >= 0.3 is 0 Å². The summed E-state index contributed by atoms with van der Waals surface area (Å²) in [5.74, 6) is -5.79. The molecule has 3 N–H and O–H groups in total. The summed E-state index contributed by atoms with van der Waals surface area (Å²) >= 11 is 0. The van der Waals surface area contributed by atoms with Gasteiger partial charge in [-0.25, -0.2) is 13.2 Å². The molecule has 0 unspecified atom stereocenters. The molecular weight excluding hydrogens is 211 g/mol. The van der Waals surface area contributed by atoms with Crippen LogP contribution in [0, 0.1) is 17.5 Å². The molecule has 0 spiro atoms. The molecule has 0 fully saturated rings. The summed E-state index contributed by atoms with van der Waals surface area (Å²) in [6, 6.07) is 0.681. The molecular formula is C9H8F3NO2. The molecule has 0 bridgehead atoms. The fourth-order valence-corrected chi connectivity index (χ4v) is 1.17. The lowest BCUT2D eigenvalue weighted by Gasteiger charge is -2.10. The Hall–Kier alpha value is -1.56. The van der Waals surface area contributed by atoms with Crippen LogP contribution in [0.15, 0.2) is 12.1 Å².